The van der Waals surface area contributed by atoms with Gasteiger partial charge in [-0.3, -0.25) is 9.59 Å². The molecule has 1 aliphatic carbocycles. The second-order valence-electron chi connectivity index (χ2n) is 6.19. The zero-order valence-electron chi connectivity index (χ0n) is 13.0. The van der Waals surface area contributed by atoms with Crippen molar-refractivity contribution >= 4 is 39.1 Å². The number of nitrogens with zero attached hydrogens (tertiary/aromatic N) is 2. The van der Waals surface area contributed by atoms with Crippen molar-refractivity contribution in [2.75, 3.05) is 26.2 Å². The number of hydrogen-bond donors (Lipinski definition) is 0. The third-order valence-corrected chi connectivity index (χ3v) is 6.11. The molecule has 3 heterocycles. The second-order valence-corrected chi connectivity index (χ2v) is 7.95. The Balaban J connectivity index is 1.32. The Morgan fingerprint density at radius 1 is 1.12 bits per heavy atom. The molecule has 0 bridgehead atoms. The van der Waals surface area contributed by atoms with Crippen LogP contribution < -0.4 is 0 Å². The van der Waals surface area contributed by atoms with Crippen molar-refractivity contribution < 1.29 is 14.0 Å². The molecular weight excluding hydrogens is 392 g/mol. The summed E-state index contributed by atoms with van der Waals surface area (Å²) < 4.78 is 5.87. The predicted octanol–water partition coefficient (Wildman–Crippen LogP) is 3.19. The number of rotatable bonds is 3. The molecule has 4 rings (SSSR count). The highest BCUT2D eigenvalue weighted by Gasteiger charge is 2.46. The van der Waals surface area contributed by atoms with Crippen molar-refractivity contribution in [3.8, 4) is 0 Å². The van der Waals surface area contributed by atoms with Crippen LogP contribution in [0.1, 0.15) is 27.8 Å². The van der Waals surface area contributed by atoms with Gasteiger partial charge in [0, 0.05) is 42.9 Å². The second kappa shape index (κ2) is 6.37. The SMILES string of the molecule is O=C(c1ccc(Br)o1)N1CCN(C(=O)C2CC2c2cccs2)CC1. The Morgan fingerprint density at radius 2 is 1.88 bits per heavy atom. The number of furan rings is 1. The molecule has 2 atom stereocenters. The number of halogens is 1. The van der Waals surface area contributed by atoms with E-state index in [1.54, 1.807) is 28.4 Å². The van der Waals surface area contributed by atoms with Crippen LogP contribution in [0.25, 0.3) is 0 Å². The Kier molecular flexibility index (Phi) is 4.22. The first-order chi connectivity index (χ1) is 11.6. The molecule has 2 fully saturated rings. The van der Waals surface area contributed by atoms with E-state index in [4.69, 9.17) is 4.42 Å². The highest BCUT2D eigenvalue weighted by molar-refractivity contribution is 9.10. The van der Waals surface area contributed by atoms with Crippen LogP contribution in [0.3, 0.4) is 0 Å². The number of hydrogen-bond acceptors (Lipinski definition) is 4. The van der Waals surface area contributed by atoms with Gasteiger partial charge in [-0.05, 0) is 45.9 Å². The Hall–Kier alpha value is -1.60. The number of carbonyl (C=O) groups is 2. The van der Waals surface area contributed by atoms with E-state index in [-0.39, 0.29) is 17.7 Å². The molecule has 1 saturated heterocycles. The van der Waals surface area contributed by atoms with Gasteiger partial charge >= 0.3 is 0 Å². The van der Waals surface area contributed by atoms with Crippen LogP contribution in [0.15, 0.2) is 38.7 Å². The molecule has 0 radical (unpaired) electrons. The van der Waals surface area contributed by atoms with Gasteiger partial charge in [0.15, 0.2) is 10.4 Å². The fourth-order valence-corrected chi connectivity index (χ4v) is 4.45. The summed E-state index contributed by atoms with van der Waals surface area (Å²) in [7, 11) is 0. The molecule has 24 heavy (non-hydrogen) atoms. The zero-order valence-corrected chi connectivity index (χ0v) is 15.4. The molecule has 2 aromatic rings. The van der Waals surface area contributed by atoms with Crippen LogP contribution >= 0.6 is 27.3 Å². The Morgan fingerprint density at radius 3 is 2.50 bits per heavy atom. The highest BCUT2D eigenvalue weighted by Crippen LogP contribution is 2.50. The van der Waals surface area contributed by atoms with Gasteiger partial charge in [-0.1, -0.05) is 6.07 Å². The molecule has 2 aromatic heterocycles. The fourth-order valence-electron chi connectivity index (χ4n) is 3.23. The Bertz CT molecular complexity index is 750. The van der Waals surface area contributed by atoms with Crippen LogP contribution in [0, 0.1) is 5.92 Å². The van der Waals surface area contributed by atoms with E-state index in [0.29, 0.717) is 42.5 Å². The van der Waals surface area contributed by atoms with Gasteiger partial charge in [-0.25, -0.2) is 0 Å². The van der Waals surface area contributed by atoms with Gasteiger partial charge in [-0.15, -0.1) is 11.3 Å². The third-order valence-electron chi connectivity index (χ3n) is 4.68. The molecule has 1 saturated carbocycles. The minimum absolute atomic E-state index is 0.115. The average molecular weight is 409 g/mol. The topological polar surface area (TPSA) is 53.8 Å². The first-order valence-electron chi connectivity index (χ1n) is 8.00. The summed E-state index contributed by atoms with van der Waals surface area (Å²) in [6.45, 7) is 2.30. The lowest BCUT2D eigenvalue weighted by atomic mass is 10.2. The smallest absolute Gasteiger partial charge is 0.289 e. The van der Waals surface area contributed by atoms with Crippen LogP contribution in [0.4, 0.5) is 0 Å². The quantitative estimate of drug-likeness (QED) is 0.783. The minimum atomic E-state index is -0.115. The molecule has 7 heteroatoms. The standard InChI is InChI=1S/C17H17BrN2O3S/c18-15-4-3-13(23-15)17(22)20-7-5-19(6-8-20)16(21)12-10-11(12)14-2-1-9-24-14/h1-4,9,11-12H,5-8,10H2. The van der Waals surface area contributed by atoms with Gasteiger partial charge in [0.25, 0.3) is 5.91 Å². The van der Waals surface area contributed by atoms with Gasteiger partial charge in [0.2, 0.25) is 5.91 Å². The maximum Gasteiger partial charge on any atom is 0.289 e. The van der Waals surface area contributed by atoms with Crippen molar-refractivity contribution in [2.24, 2.45) is 5.92 Å². The lowest BCUT2D eigenvalue weighted by Gasteiger charge is -2.34. The lowest BCUT2D eigenvalue weighted by molar-refractivity contribution is -0.134. The lowest BCUT2D eigenvalue weighted by Crippen LogP contribution is -2.51. The van der Waals surface area contributed by atoms with E-state index in [9.17, 15) is 9.59 Å². The van der Waals surface area contributed by atoms with Gasteiger partial charge < -0.3 is 14.2 Å². The summed E-state index contributed by atoms with van der Waals surface area (Å²) in [5, 5.41) is 2.06. The molecule has 0 aromatic carbocycles. The number of thiophene rings is 1. The summed E-state index contributed by atoms with van der Waals surface area (Å²) >= 11 is 4.94. The van der Waals surface area contributed by atoms with Crippen LogP contribution in [-0.4, -0.2) is 47.8 Å². The monoisotopic (exact) mass is 408 g/mol. The van der Waals surface area contributed by atoms with Gasteiger partial charge in [0.1, 0.15) is 0 Å². The number of amides is 2. The molecule has 2 aliphatic rings. The Labute approximate surface area is 152 Å². The minimum Gasteiger partial charge on any atom is -0.444 e. The molecule has 0 N–H and O–H groups in total. The first kappa shape index (κ1) is 15.9. The van der Waals surface area contributed by atoms with Crippen molar-refractivity contribution in [1.82, 2.24) is 9.80 Å². The van der Waals surface area contributed by atoms with Crippen LogP contribution in [-0.2, 0) is 4.79 Å². The molecule has 126 valence electrons. The van der Waals surface area contributed by atoms with Crippen LogP contribution in [0.2, 0.25) is 0 Å². The maximum absolute atomic E-state index is 12.6. The van der Waals surface area contributed by atoms with Crippen molar-refractivity contribution in [1.29, 1.82) is 0 Å². The van der Waals surface area contributed by atoms with Gasteiger partial charge in [-0.2, -0.15) is 0 Å². The fraction of sp³-hybridized carbons (Fsp3) is 0.412. The van der Waals surface area contributed by atoms with E-state index in [2.05, 4.69) is 27.4 Å². The average Bonchev–Trinajstić information content (AvgIpc) is 3.00. The molecule has 2 unspecified atom stereocenters. The summed E-state index contributed by atoms with van der Waals surface area (Å²) in [5.74, 6) is 0.989. The maximum atomic E-state index is 12.6. The summed E-state index contributed by atoms with van der Waals surface area (Å²) in [5.41, 5.74) is 0. The molecule has 0 spiro atoms. The summed E-state index contributed by atoms with van der Waals surface area (Å²) in [6.07, 6.45) is 0.957. The van der Waals surface area contributed by atoms with E-state index in [1.165, 1.54) is 4.88 Å². The summed E-state index contributed by atoms with van der Waals surface area (Å²) in [4.78, 5) is 29.9. The van der Waals surface area contributed by atoms with Gasteiger partial charge in [0.05, 0.1) is 0 Å². The normalized spacial score (nSPS) is 23.4. The predicted molar refractivity (Wildman–Crippen MR) is 94.1 cm³/mol. The van der Waals surface area contributed by atoms with E-state index in [0.717, 1.165) is 6.42 Å². The van der Waals surface area contributed by atoms with Crippen molar-refractivity contribution in [3.63, 3.8) is 0 Å². The van der Waals surface area contributed by atoms with Crippen LogP contribution in [0.5, 0.6) is 0 Å². The highest BCUT2D eigenvalue weighted by atomic mass is 79.9. The first-order valence-corrected chi connectivity index (χ1v) is 9.67. The third kappa shape index (κ3) is 3.02. The number of carbonyl (C=O) groups excluding carboxylic acids is 2. The zero-order chi connectivity index (χ0) is 16.7. The van der Waals surface area contributed by atoms with Crippen molar-refractivity contribution in [2.45, 2.75) is 12.3 Å². The van der Waals surface area contributed by atoms with E-state index < -0.39 is 0 Å². The van der Waals surface area contributed by atoms with Crippen molar-refractivity contribution in [3.05, 3.63) is 45.0 Å². The molecule has 1 aliphatic heterocycles. The molecule has 5 nitrogen and oxygen atoms in total. The summed E-state index contributed by atoms with van der Waals surface area (Å²) in [6, 6.07) is 7.53. The number of piperazine rings is 1. The van der Waals surface area contributed by atoms with E-state index in [1.807, 2.05) is 11.0 Å². The largest absolute Gasteiger partial charge is 0.444 e. The van der Waals surface area contributed by atoms with E-state index >= 15 is 0 Å². The molecular formula is C17H17BrN2O3S. The molecule has 2 amide bonds.